The molecule has 1 aromatic carbocycles. The van der Waals surface area contributed by atoms with E-state index in [1.165, 1.54) is 5.56 Å². The zero-order valence-electron chi connectivity index (χ0n) is 14.8. The summed E-state index contributed by atoms with van der Waals surface area (Å²) in [6, 6.07) is 12.2. The van der Waals surface area contributed by atoms with Crippen LogP contribution in [0.25, 0.3) is 5.57 Å². The largest absolute Gasteiger partial charge is 0.350 e. The summed E-state index contributed by atoms with van der Waals surface area (Å²) < 4.78 is 0. The number of aryl methyl sites for hydroxylation is 2. The molecule has 0 radical (unpaired) electrons. The number of aromatic amines is 1. The molecular formula is C21H24N2O2. The minimum absolute atomic E-state index is 0.00243. The molecule has 1 atom stereocenters. The van der Waals surface area contributed by atoms with Crippen LogP contribution in [0.1, 0.15) is 48.6 Å². The van der Waals surface area contributed by atoms with Gasteiger partial charge in [-0.3, -0.25) is 9.59 Å². The van der Waals surface area contributed by atoms with Gasteiger partial charge in [-0.15, -0.1) is 0 Å². The molecule has 4 heteroatoms. The van der Waals surface area contributed by atoms with Gasteiger partial charge in [0.1, 0.15) is 0 Å². The van der Waals surface area contributed by atoms with Crippen LogP contribution in [0.5, 0.6) is 0 Å². The minimum Gasteiger partial charge on any atom is -0.350 e. The number of H-pyrrole nitrogens is 1. The van der Waals surface area contributed by atoms with Crippen molar-refractivity contribution in [2.75, 3.05) is 0 Å². The molecule has 0 bridgehead atoms. The summed E-state index contributed by atoms with van der Waals surface area (Å²) in [5.74, 6) is 0.0799. The van der Waals surface area contributed by atoms with Crippen LogP contribution in [0.15, 0.2) is 47.3 Å². The number of aromatic nitrogens is 1. The number of rotatable bonds is 5. The maximum Gasteiger partial charge on any atom is 0.251 e. The van der Waals surface area contributed by atoms with Crippen LogP contribution in [-0.4, -0.2) is 16.9 Å². The van der Waals surface area contributed by atoms with Gasteiger partial charge in [-0.2, -0.15) is 0 Å². The second kappa shape index (κ2) is 7.51. The molecule has 25 heavy (non-hydrogen) atoms. The van der Waals surface area contributed by atoms with Gasteiger partial charge in [-0.05, 0) is 37.0 Å². The lowest BCUT2D eigenvalue weighted by molar-refractivity contribution is -0.119. The van der Waals surface area contributed by atoms with Crippen molar-refractivity contribution in [2.45, 2.75) is 45.6 Å². The second-order valence-electron chi connectivity index (χ2n) is 6.62. The van der Waals surface area contributed by atoms with Crippen LogP contribution in [0.2, 0.25) is 0 Å². The van der Waals surface area contributed by atoms with E-state index in [-0.39, 0.29) is 17.5 Å². The van der Waals surface area contributed by atoms with Gasteiger partial charge in [0.25, 0.3) is 5.56 Å². The highest BCUT2D eigenvalue weighted by Gasteiger charge is 2.20. The van der Waals surface area contributed by atoms with Crippen molar-refractivity contribution in [1.29, 1.82) is 0 Å². The zero-order valence-corrected chi connectivity index (χ0v) is 14.8. The Morgan fingerprint density at radius 2 is 1.92 bits per heavy atom. The Balaban J connectivity index is 2.01. The molecule has 2 heterocycles. The number of hydrogen-bond acceptors (Lipinski definition) is 2. The quantitative estimate of drug-likeness (QED) is 0.879. The number of nitrogens with one attached hydrogen (secondary N) is 2. The SMILES string of the molecule is CCCc1ccc(/C(=C\[C@H]2CCC(=O)N2)c2ccc(C)c(=O)[nH]2)cc1. The normalized spacial score (nSPS) is 17.6. The monoisotopic (exact) mass is 336 g/mol. The van der Waals surface area contributed by atoms with Gasteiger partial charge in [0, 0.05) is 29.3 Å². The third-order valence-corrected chi connectivity index (χ3v) is 4.60. The summed E-state index contributed by atoms with van der Waals surface area (Å²) >= 11 is 0. The van der Waals surface area contributed by atoms with E-state index in [1.807, 2.05) is 12.1 Å². The second-order valence-corrected chi connectivity index (χ2v) is 6.62. The fourth-order valence-electron chi connectivity index (χ4n) is 3.15. The number of carbonyl (C=O) groups is 1. The van der Waals surface area contributed by atoms with E-state index in [0.29, 0.717) is 12.0 Å². The lowest BCUT2D eigenvalue weighted by Crippen LogP contribution is -2.23. The van der Waals surface area contributed by atoms with E-state index in [4.69, 9.17) is 0 Å². The van der Waals surface area contributed by atoms with Crippen LogP contribution in [0.3, 0.4) is 0 Å². The number of hydrogen-bond donors (Lipinski definition) is 2. The molecule has 1 aliphatic heterocycles. The first-order chi connectivity index (χ1) is 12.1. The molecule has 1 aromatic heterocycles. The Kier molecular flexibility index (Phi) is 5.17. The topological polar surface area (TPSA) is 62.0 Å². The van der Waals surface area contributed by atoms with Crippen molar-refractivity contribution in [3.63, 3.8) is 0 Å². The Bertz CT molecular complexity index is 847. The van der Waals surface area contributed by atoms with Gasteiger partial charge < -0.3 is 10.3 Å². The fourth-order valence-corrected chi connectivity index (χ4v) is 3.15. The first-order valence-corrected chi connectivity index (χ1v) is 8.87. The molecule has 130 valence electrons. The molecule has 2 N–H and O–H groups in total. The summed E-state index contributed by atoms with van der Waals surface area (Å²) in [5, 5.41) is 2.97. The third-order valence-electron chi connectivity index (χ3n) is 4.60. The van der Waals surface area contributed by atoms with E-state index in [0.717, 1.165) is 36.1 Å². The van der Waals surface area contributed by atoms with Crippen molar-refractivity contribution in [3.05, 3.63) is 75.2 Å². The number of carbonyl (C=O) groups excluding carboxylic acids is 1. The Morgan fingerprint density at radius 1 is 1.16 bits per heavy atom. The molecule has 1 aliphatic rings. The average Bonchev–Trinajstić information content (AvgIpc) is 3.02. The maximum atomic E-state index is 12.1. The summed E-state index contributed by atoms with van der Waals surface area (Å²) in [6.07, 6.45) is 5.56. The van der Waals surface area contributed by atoms with Gasteiger partial charge in [0.05, 0.1) is 0 Å². The lowest BCUT2D eigenvalue weighted by Gasteiger charge is -2.13. The maximum absolute atomic E-state index is 12.1. The summed E-state index contributed by atoms with van der Waals surface area (Å²) in [7, 11) is 0. The Labute approximate surface area is 148 Å². The highest BCUT2D eigenvalue weighted by molar-refractivity contribution is 5.82. The fraction of sp³-hybridized carbons (Fsp3) is 0.333. The van der Waals surface area contributed by atoms with E-state index < -0.39 is 0 Å². The summed E-state index contributed by atoms with van der Waals surface area (Å²) in [4.78, 5) is 26.5. The highest BCUT2D eigenvalue weighted by atomic mass is 16.2. The average molecular weight is 336 g/mol. The van der Waals surface area contributed by atoms with E-state index >= 15 is 0 Å². The molecule has 0 spiro atoms. The molecule has 0 unspecified atom stereocenters. The zero-order chi connectivity index (χ0) is 17.8. The predicted octanol–water partition coefficient (Wildman–Crippen LogP) is 3.35. The van der Waals surface area contributed by atoms with Crippen LogP contribution in [0.4, 0.5) is 0 Å². The molecule has 3 rings (SSSR count). The lowest BCUT2D eigenvalue weighted by atomic mass is 9.97. The van der Waals surface area contributed by atoms with E-state index in [1.54, 1.807) is 6.92 Å². The molecule has 4 nitrogen and oxygen atoms in total. The minimum atomic E-state index is -0.0820. The first kappa shape index (κ1) is 17.2. The molecule has 1 amide bonds. The number of benzene rings is 1. The van der Waals surface area contributed by atoms with E-state index in [9.17, 15) is 9.59 Å². The van der Waals surface area contributed by atoms with Crippen LogP contribution in [-0.2, 0) is 11.2 Å². The molecule has 1 saturated heterocycles. The van der Waals surface area contributed by atoms with Crippen molar-refractivity contribution in [2.24, 2.45) is 0 Å². The van der Waals surface area contributed by atoms with Gasteiger partial charge in [0.15, 0.2) is 0 Å². The highest BCUT2D eigenvalue weighted by Crippen LogP contribution is 2.24. The molecule has 0 saturated carbocycles. The predicted molar refractivity (Wildman–Crippen MR) is 100 cm³/mol. The summed E-state index contributed by atoms with van der Waals surface area (Å²) in [6.45, 7) is 3.96. The van der Waals surface area contributed by atoms with Crippen LogP contribution in [0, 0.1) is 6.92 Å². The van der Waals surface area contributed by atoms with Gasteiger partial charge in [0.2, 0.25) is 5.91 Å². The summed E-state index contributed by atoms with van der Waals surface area (Å²) in [5.41, 5.74) is 4.68. The van der Waals surface area contributed by atoms with E-state index in [2.05, 4.69) is 47.6 Å². The van der Waals surface area contributed by atoms with Gasteiger partial charge in [-0.1, -0.05) is 49.8 Å². The van der Waals surface area contributed by atoms with Crippen molar-refractivity contribution in [3.8, 4) is 0 Å². The smallest absolute Gasteiger partial charge is 0.251 e. The first-order valence-electron chi connectivity index (χ1n) is 8.87. The Hall–Kier alpha value is -2.62. The van der Waals surface area contributed by atoms with Crippen LogP contribution < -0.4 is 10.9 Å². The van der Waals surface area contributed by atoms with Crippen molar-refractivity contribution >= 4 is 11.5 Å². The molecule has 2 aromatic rings. The molecule has 0 aliphatic carbocycles. The van der Waals surface area contributed by atoms with Crippen molar-refractivity contribution in [1.82, 2.24) is 10.3 Å². The van der Waals surface area contributed by atoms with Crippen molar-refractivity contribution < 1.29 is 4.79 Å². The standard InChI is InChI=1S/C21H24N2O2/c1-3-4-15-6-8-16(9-7-15)18(13-17-10-12-20(24)22-17)19-11-5-14(2)21(25)23-19/h5-9,11,13,17H,3-4,10,12H2,1-2H3,(H,22,24)(H,23,25)/b18-13+/t17-/m1/s1. The molecule has 1 fully saturated rings. The Morgan fingerprint density at radius 3 is 2.52 bits per heavy atom. The van der Waals surface area contributed by atoms with Gasteiger partial charge >= 0.3 is 0 Å². The number of pyridine rings is 1. The van der Waals surface area contributed by atoms with Crippen LogP contribution >= 0.6 is 0 Å². The van der Waals surface area contributed by atoms with Gasteiger partial charge in [-0.25, -0.2) is 0 Å². The molecular weight excluding hydrogens is 312 g/mol. The number of amides is 1. The third kappa shape index (κ3) is 4.08.